The number of rotatable bonds is 5. The monoisotopic (exact) mass is 411 g/mol. The number of nitriles is 1. The van der Waals surface area contributed by atoms with Crippen molar-refractivity contribution in [2.45, 2.75) is 13.0 Å². The normalized spacial score (nSPS) is 11.9. The Hall–Kier alpha value is -3.21. The molecule has 1 amide bonds. The van der Waals surface area contributed by atoms with E-state index in [0.29, 0.717) is 16.3 Å². The van der Waals surface area contributed by atoms with Crippen molar-refractivity contribution in [3.05, 3.63) is 64.1 Å². The predicted octanol–water partition coefficient (Wildman–Crippen LogP) is 4.40. The van der Waals surface area contributed by atoms with Crippen LogP contribution in [0.3, 0.4) is 0 Å². The number of hydrogen-bond acceptors (Lipinski definition) is 6. The number of esters is 1. The maximum atomic E-state index is 12.2. The minimum atomic E-state index is -1.01. The van der Waals surface area contributed by atoms with Gasteiger partial charge in [0.15, 0.2) is 6.10 Å². The number of thiazole rings is 1. The third kappa shape index (κ3) is 4.74. The van der Waals surface area contributed by atoms with Crippen molar-refractivity contribution in [2.24, 2.45) is 0 Å². The Kier molecular flexibility index (Phi) is 6.04. The van der Waals surface area contributed by atoms with Gasteiger partial charge in [-0.15, -0.1) is 11.3 Å². The second-order valence-electron chi connectivity index (χ2n) is 5.73. The second-order valence-corrected chi connectivity index (χ2v) is 7.20. The molecule has 0 fully saturated rings. The first kappa shape index (κ1) is 19.5. The molecule has 3 aromatic rings. The van der Waals surface area contributed by atoms with Crippen molar-refractivity contribution < 1.29 is 14.3 Å². The zero-order valence-electron chi connectivity index (χ0n) is 14.7. The largest absolute Gasteiger partial charge is 0.449 e. The van der Waals surface area contributed by atoms with Crippen LogP contribution in [0.2, 0.25) is 5.02 Å². The van der Waals surface area contributed by atoms with E-state index >= 15 is 0 Å². The lowest BCUT2D eigenvalue weighted by Gasteiger charge is -2.12. The van der Waals surface area contributed by atoms with Gasteiger partial charge in [-0.05, 0) is 43.3 Å². The summed E-state index contributed by atoms with van der Waals surface area (Å²) in [5, 5.41) is 12.3. The molecule has 0 bridgehead atoms. The maximum absolute atomic E-state index is 12.2. The molecule has 28 heavy (non-hydrogen) atoms. The standard InChI is InChI=1S/C20H14ClN3O3S/c1-12(20(26)23-14-7-6-13(11-22)15(21)10-14)27-19(25)9-8-18-24-16-4-2-3-5-17(16)28-18/h2-10,12H,1H3,(H,23,26)/b9-8+/t12-/m1/s1. The smallest absolute Gasteiger partial charge is 0.331 e. The number of nitrogens with zero attached hydrogens (tertiary/aromatic N) is 2. The van der Waals surface area contributed by atoms with E-state index in [4.69, 9.17) is 21.6 Å². The Bertz CT molecular complexity index is 1080. The van der Waals surface area contributed by atoms with Crippen LogP contribution < -0.4 is 5.32 Å². The van der Waals surface area contributed by atoms with E-state index in [0.717, 1.165) is 10.2 Å². The number of carbonyl (C=O) groups is 2. The summed E-state index contributed by atoms with van der Waals surface area (Å²) >= 11 is 7.38. The molecule has 0 saturated carbocycles. The van der Waals surface area contributed by atoms with E-state index in [1.807, 2.05) is 30.3 Å². The number of para-hydroxylation sites is 1. The van der Waals surface area contributed by atoms with Crippen molar-refractivity contribution in [3.8, 4) is 6.07 Å². The summed E-state index contributed by atoms with van der Waals surface area (Å²) in [5.74, 6) is -1.16. The molecule has 3 rings (SSSR count). The van der Waals surface area contributed by atoms with Crippen LogP contribution in [0.4, 0.5) is 5.69 Å². The first-order chi connectivity index (χ1) is 13.5. The number of carbonyl (C=O) groups excluding carboxylic acids is 2. The van der Waals surface area contributed by atoms with Gasteiger partial charge in [-0.2, -0.15) is 5.26 Å². The van der Waals surface area contributed by atoms with E-state index in [2.05, 4.69) is 10.3 Å². The molecule has 1 heterocycles. The van der Waals surface area contributed by atoms with Gasteiger partial charge in [0.2, 0.25) is 0 Å². The average molecular weight is 412 g/mol. The molecule has 0 radical (unpaired) electrons. The first-order valence-electron chi connectivity index (χ1n) is 8.21. The Morgan fingerprint density at radius 1 is 1.32 bits per heavy atom. The lowest BCUT2D eigenvalue weighted by molar-refractivity contribution is -0.148. The lowest BCUT2D eigenvalue weighted by Crippen LogP contribution is -2.29. The first-order valence-corrected chi connectivity index (χ1v) is 9.40. The predicted molar refractivity (Wildman–Crippen MR) is 109 cm³/mol. The van der Waals surface area contributed by atoms with E-state index in [9.17, 15) is 9.59 Å². The fourth-order valence-electron chi connectivity index (χ4n) is 2.30. The fourth-order valence-corrected chi connectivity index (χ4v) is 3.39. The molecule has 0 aliphatic rings. The number of benzene rings is 2. The van der Waals surface area contributed by atoms with Crippen molar-refractivity contribution in [3.63, 3.8) is 0 Å². The quantitative estimate of drug-likeness (QED) is 0.496. The minimum absolute atomic E-state index is 0.226. The fraction of sp³-hybridized carbons (Fsp3) is 0.100. The molecule has 0 unspecified atom stereocenters. The van der Waals surface area contributed by atoms with E-state index in [-0.39, 0.29) is 5.02 Å². The van der Waals surface area contributed by atoms with E-state index < -0.39 is 18.0 Å². The Morgan fingerprint density at radius 3 is 2.82 bits per heavy atom. The Morgan fingerprint density at radius 2 is 2.11 bits per heavy atom. The van der Waals surface area contributed by atoms with E-state index in [1.165, 1.54) is 36.5 Å². The van der Waals surface area contributed by atoms with E-state index in [1.54, 1.807) is 12.1 Å². The maximum Gasteiger partial charge on any atom is 0.331 e. The molecule has 6 nitrogen and oxygen atoms in total. The number of hydrogen-bond donors (Lipinski definition) is 1. The van der Waals surface area contributed by atoms with Crippen molar-refractivity contribution in [1.29, 1.82) is 5.26 Å². The topological polar surface area (TPSA) is 92.1 Å². The summed E-state index contributed by atoms with van der Waals surface area (Å²) in [6.07, 6.45) is 1.78. The summed E-state index contributed by atoms with van der Waals surface area (Å²) < 4.78 is 6.13. The van der Waals surface area contributed by atoms with Crippen molar-refractivity contribution in [2.75, 3.05) is 5.32 Å². The molecular formula is C20H14ClN3O3S. The van der Waals surface area contributed by atoms with Gasteiger partial charge in [0.1, 0.15) is 11.1 Å². The minimum Gasteiger partial charge on any atom is -0.449 e. The highest BCUT2D eigenvalue weighted by Gasteiger charge is 2.17. The van der Waals surface area contributed by atoms with Crippen LogP contribution in [-0.4, -0.2) is 23.0 Å². The highest BCUT2D eigenvalue weighted by molar-refractivity contribution is 7.19. The molecule has 1 aromatic heterocycles. The number of ether oxygens (including phenoxy) is 1. The number of anilines is 1. The lowest BCUT2D eigenvalue weighted by atomic mass is 10.2. The van der Waals surface area contributed by atoms with Gasteiger partial charge in [-0.1, -0.05) is 23.7 Å². The van der Waals surface area contributed by atoms with Crippen LogP contribution in [-0.2, 0) is 14.3 Å². The molecule has 2 aromatic carbocycles. The third-order valence-corrected chi connectivity index (χ3v) is 5.01. The Labute approximate surface area is 170 Å². The van der Waals surface area contributed by atoms with Crippen LogP contribution in [0.25, 0.3) is 16.3 Å². The van der Waals surface area contributed by atoms with Gasteiger partial charge in [0.05, 0.1) is 20.8 Å². The molecule has 8 heteroatoms. The van der Waals surface area contributed by atoms with Crippen molar-refractivity contribution >= 4 is 56.8 Å². The summed E-state index contributed by atoms with van der Waals surface area (Å²) in [6, 6.07) is 14.1. The highest BCUT2D eigenvalue weighted by atomic mass is 35.5. The Balaban J connectivity index is 1.57. The number of amides is 1. The summed E-state index contributed by atoms with van der Waals surface area (Å²) in [4.78, 5) is 28.5. The summed E-state index contributed by atoms with van der Waals surface area (Å²) in [7, 11) is 0. The third-order valence-electron chi connectivity index (χ3n) is 3.69. The molecule has 0 spiro atoms. The molecule has 0 aliphatic heterocycles. The second kappa shape index (κ2) is 8.65. The number of aromatic nitrogens is 1. The van der Waals surface area contributed by atoms with Crippen molar-refractivity contribution in [1.82, 2.24) is 4.98 Å². The van der Waals surface area contributed by atoms with Crippen LogP contribution in [0.15, 0.2) is 48.5 Å². The number of fused-ring (bicyclic) bond motifs is 1. The van der Waals surface area contributed by atoms with Gasteiger partial charge in [0, 0.05) is 11.8 Å². The molecule has 140 valence electrons. The van der Waals surface area contributed by atoms with Gasteiger partial charge >= 0.3 is 5.97 Å². The van der Waals surface area contributed by atoms with Gasteiger partial charge in [0.25, 0.3) is 5.91 Å². The van der Waals surface area contributed by atoms with Gasteiger partial charge in [-0.25, -0.2) is 9.78 Å². The molecule has 1 N–H and O–H groups in total. The SMILES string of the molecule is C[C@@H](OC(=O)/C=C/c1nc2ccccc2s1)C(=O)Nc1ccc(C#N)c(Cl)c1. The molecule has 0 saturated heterocycles. The summed E-state index contributed by atoms with van der Waals surface area (Å²) in [6.45, 7) is 1.46. The van der Waals surface area contributed by atoms with Crippen LogP contribution in [0, 0.1) is 11.3 Å². The zero-order chi connectivity index (χ0) is 20.1. The number of nitrogens with one attached hydrogen (secondary N) is 1. The zero-order valence-corrected chi connectivity index (χ0v) is 16.3. The molecular weight excluding hydrogens is 398 g/mol. The summed E-state index contributed by atoms with van der Waals surface area (Å²) in [5.41, 5.74) is 1.57. The highest BCUT2D eigenvalue weighted by Crippen LogP contribution is 2.22. The van der Waals surface area contributed by atoms with Gasteiger partial charge in [-0.3, -0.25) is 4.79 Å². The number of halogens is 1. The van der Waals surface area contributed by atoms with Crippen LogP contribution >= 0.6 is 22.9 Å². The van der Waals surface area contributed by atoms with Crippen LogP contribution in [0.5, 0.6) is 0 Å². The average Bonchev–Trinajstić information content (AvgIpc) is 3.09. The molecule has 1 atom stereocenters. The molecule has 0 aliphatic carbocycles. The van der Waals surface area contributed by atoms with Gasteiger partial charge < -0.3 is 10.1 Å². The van der Waals surface area contributed by atoms with Crippen LogP contribution in [0.1, 0.15) is 17.5 Å².